The predicted molar refractivity (Wildman–Crippen MR) is 95.1 cm³/mol. The number of carbonyl (C=O) groups is 2. The van der Waals surface area contributed by atoms with Gasteiger partial charge in [-0.05, 0) is 24.3 Å². The van der Waals surface area contributed by atoms with E-state index in [-0.39, 0.29) is 5.56 Å². The molecule has 0 aliphatic carbocycles. The largest absolute Gasteiger partial charge is 0.455 e. The van der Waals surface area contributed by atoms with Crippen LogP contribution in [0.5, 0.6) is 11.5 Å². The lowest BCUT2D eigenvalue weighted by molar-refractivity contribution is -0.119. The average molecular weight is 351 g/mol. The zero-order valence-electron chi connectivity index (χ0n) is 14.1. The zero-order valence-corrected chi connectivity index (χ0v) is 14.1. The molecule has 0 aliphatic heterocycles. The van der Waals surface area contributed by atoms with Crippen LogP contribution in [0.4, 0.5) is 5.69 Å². The van der Waals surface area contributed by atoms with Crippen molar-refractivity contribution in [2.24, 2.45) is 7.05 Å². The molecule has 0 bridgehead atoms. The lowest BCUT2D eigenvalue weighted by atomic mass is 10.3. The first-order valence-corrected chi connectivity index (χ1v) is 7.89. The van der Waals surface area contributed by atoms with Gasteiger partial charge in [0.15, 0.2) is 12.4 Å². The number of ether oxygens (including phenoxy) is 2. The van der Waals surface area contributed by atoms with Crippen molar-refractivity contribution >= 4 is 17.6 Å². The third kappa shape index (κ3) is 4.47. The standard InChI is InChI=1S/C19H17N3O4/c1-22-12-14(11-20-22)19(24)25-13-18(23)21-16-9-5-6-10-17(16)26-15-7-3-2-4-8-15/h2-12H,13H2,1H3,(H,21,23). The SMILES string of the molecule is Cn1cc(C(=O)OCC(=O)Nc2ccccc2Oc2ccccc2)cn1. The average Bonchev–Trinajstić information content (AvgIpc) is 3.09. The molecule has 1 heterocycles. The molecule has 7 nitrogen and oxygen atoms in total. The number of amides is 1. The van der Waals surface area contributed by atoms with Crippen molar-refractivity contribution in [3.63, 3.8) is 0 Å². The van der Waals surface area contributed by atoms with Crippen LogP contribution < -0.4 is 10.1 Å². The first kappa shape index (κ1) is 17.2. The van der Waals surface area contributed by atoms with Crippen molar-refractivity contribution in [1.82, 2.24) is 9.78 Å². The van der Waals surface area contributed by atoms with Crippen molar-refractivity contribution in [2.75, 3.05) is 11.9 Å². The fourth-order valence-corrected chi connectivity index (χ4v) is 2.20. The van der Waals surface area contributed by atoms with Crippen LogP contribution in [0.3, 0.4) is 0 Å². The maximum absolute atomic E-state index is 12.1. The van der Waals surface area contributed by atoms with Gasteiger partial charge in [-0.3, -0.25) is 9.48 Å². The summed E-state index contributed by atoms with van der Waals surface area (Å²) in [5.74, 6) is 0.0660. The third-order valence-electron chi connectivity index (χ3n) is 3.41. The highest BCUT2D eigenvalue weighted by Gasteiger charge is 2.13. The minimum atomic E-state index is -0.609. The van der Waals surface area contributed by atoms with Gasteiger partial charge in [-0.1, -0.05) is 30.3 Å². The molecule has 26 heavy (non-hydrogen) atoms. The Kier molecular flexibility index (Phi) is 5.28. The number of hydrogen-bond donors (Lipinski definition) is 1. The number of para-hydroxylation sites is 3. The number of anilines is 1. The molecule has 0 saturated carbocycles. The molecule has 0 spiro atoms. The van der Waals surface area contributed by atoms with Crippen LogP contribution >= 0.6 is 0 Å². The Labute approximate surface area is 150 Å². The molecule has 1 N–H and O–H groups in total. The molecule has 0 aliphatic rings. The van der Waals surface area contributed by atoms with E-state index in [1.165, 1.54) is 17.1 Å². The number of hydrogen-bond acceptors (Lipinski definition) is 5. The normalized spacial score (nSPS) is 10.2. The monoisotopic (exact) mass is 351 g/mol. The molecule has 7 heteroatoms. The van der Waals surface area contributed by atoms with Gasteiger partial charge in [-0.25, -0.2) is 4.79 Å². The van der Waals surface area contributed by atoms with Gasteiger partial charge in [0.2, 0.25) is 0 Å². The summed E-state index contributed by atoms with van der Waals surface area (Å²) >= 11 is 0. The van der Waals surface area contributed by atoms with Crippen LogP contribution in [0.1, 0.15) is 10.4 Å². The second kappa shape index (κ2) is 7.98. The van der Waals surface area contributed by atoms with Gasteiger partial charge < -0.3 is 14.8 Å². The van der Waals surface area contributed by atoms with Crippen LogP contribution in [-0.4, -0.2) is 28.3 Å². The molecular formula is C19H17N3O4. The Morgan fingerprint density at radius 2 is 1.81 bits per heavy atom. The summed E-state index contributed by atoms with van der Waals surface area (Å²) in [4.78, 5) is 23.9. The van der Waals surface area contributed by atoms with Crippen LogP contribution in [0.25, 0.3) is 0 Å². The van der Waals surface area contributed by atoms with E-state index in [0.29, 0.717) is 17.2 Å². The number of rotatable bonds is 6. The fraction of sp³-hybridized carbons (Fsp3) is 0.105. The predicted octanol–water partition coefficient (Wildman–Crippen LogP) is 3.01. The molecule has 1 amide bonds. The highest BCUT2D eigenvalue weighted by atomic mass is 16.5. The lowest BCUT2D eigenvalue weighted by Crippen LogP contribution is -2.21. The number of esters is 1. The van der Waals surface area contributed by atoms with Gasteiger partial charge in [0.05, 0.1) is 17.4 Å². The van der Waals surface area contributed by atoms with Gasteiger partial charge in [0.1, 0.15) is 5.75 Å². The molecule has 0 fully saturated rings. The topological polar surface area (TPSA) is 82.5 Å². The Balaban J connectivity index is 1.60. The summed E-state index contributed by atoms with van der Waals surface area (Å²) in [5, 5.41) is 6.56. The van der Waals surface area contributed by atoms with Gasteiger partial charge in [0, 0.05) is 13.2 Å². The lowest BCUT2D eigenvalue weighted by Gasteiger charge is -2.12. The summed E-state index contributed by atoms with van der Waals surface area (Å²) < 4.78 is 12.2. The van der Waals surface area contributed by atoms with E-state index >= 15 is 0 Å². The molecule has 132 valence electrons. The minimum Gasteiger partial charge on any atom is -0.455 e. The van der Waals surface area contributed by atoms with E-state index in [2.05, 4.69) is 10.4 Å². The minimum absolute atomic E-state index is 0.285. The molecule has 0 saturated heterocycles. The maximum atomic E-state index is 12.1. The van der Waals surface area contributed by atoms with E-state index in [1.807, 2.05) is 30.3 Å². The van der Waals surface area contributed by atoms with E-state index in [4.69, 9.17) is 9.47 Å². The van der Waals surface area contributed by atoms with Gasteiger partial charge in [-0.2, -0.15) is 5.10 Å². The van der Waals surface area contributed by atoms with E-state index < -0.39 is 18.5 Å². The highest BCUT2D eigenvalue weighted by Crippen LogP contribution is 2.28. The van der Waals surface area contributed by atoms with Crippen molar-refractivity contribution < 1.29 is 19.1 Å². The van der Waals surface area contributed by atoms with Crippen molar-refractivity contribution in [3.8, 4) is 11.5 Å². The Bertz CT molecular complexity index is 906. The smallest absolute Gasteiger partial charge is 0.341 e. The second-order valence-electron chi connectivity index (χ2n) is 5.44. The molecule has 0 radical (unpaired) electrons. The number of aryl methyl sites for hydroxylation is 1. The third-order valence-corrected chi connectivity index (χ3v) is 3.41. The molecule has 3 aromatic rings. The quantitative estimate of drug-likeness (QED) is 0.690. The van der Waals surface area contributed by atoms with Crippen molar-refractivity contribution in [2.45, 2.75) is 0 Å². The zero-order chi connectivity index (χ0) is 18.4. The van der Waals surface area contributed by atoms with Crippen molar-refractivity contribution in [3.05, 3.63) is 72.6 Å². The summed E-state index contributed by atoms with van der Waals surface area (Å²) in [6.07, 6.45) is 2.90. The number of nitrogens with zero attached hydrogens (tertiary/aromatic N) is 2. The number of benzene rings is 2. The number of aromatic nitrogens is 2. The van der Waals surface area contributed by atoms with Gasteiger partial charge in [0.25, 0.3) is 5.91 Å². The van der Waals surface area contributed by atoms with Crippen LogP contribution in [0.2, 0.25) is 0 Å². The summed E-state index contributed by atoms with van der Waals surface area (Å²) in [5.41, 5.74) is 0.770. The van der Waals surface area contributed by atoms with Crippen molar-refractivity contribution in [1.29, 1.82) is 0 Å². The fourth-order valence-electron chi connectivity index (χ4n) is 2.20. The molecule has 1 aromatic heterocycles. The number of nitrogens with one attached hydrogen (secondary N) is 1. The summed E-state index contributed by atoms with van der Waals surface area (Å²) in [6.45, 7) is -0.409. The first-order valence-electron chi connectivity index (χ1n) is 7.89. The van der Waals surface area contributed by atoms with Crippen LogP contribution in [-0.2, 0) is 16.6 Å². The van der Waals surface area contributed by atoms with Crippen LogP contribution in [0.15, 0.2) is 67.0 Å². The maximum Gasteiger partial charge on any atom is 0.341 e. The molecular weight excluding hydrogens is 334 g/mol. The summed E-state index contributed by atoms with van der Waals surface area (Å²) in [7, 11) is 1.69. The first-order chi connectivity index (χ1) is 12.6. The Morgan fingerprint density at radius 1 is 1.08 bits per heavy atom. The molecule has 0 unspecified atom stereocenters. The van der Waals surface area contributed by atoms with Gasteiger partial charge in [-0.15, -0.1) is 0 Å². The van der Waals surface area contributed by atoms with E-state index in [0.717, 1.165) is 0 Å². The highest BCUT2D eigenvalue weighted by molar-refractivity contribution is 5.96. The molecule has 2 aromatic carbocycles. The van der Waals surface area contributed by atoms with Gasteiger partial charge >= 0.3 is 5.97 Å². The molecule has 3 rings (SSSR count). The van der Waals surface area contributed by atoms with Crippen LogP contribution in [0, 0.1) is 0 Å². The molecule has 0 atom stereocenters. The van der Waals surface area contributed by atoms with E-state index in [1.54, 1.807) is 31.3 Å². The Morgan fingerprint density at radius 3 is 2.54 bits per heavy atom. The number of carbonyl (C=O) groups excluding carboxylic acids is 2. The Hall–Kier alpha value is -3.61. The van der Waals surface area contributed by atoms with E-state index in [9.17, 15) is 9.59 Å². The summed E-state index contributed by atoms with van der Waals surface area (Å²) in [6, 6.07) is 16.2. The second-order valence-corrected chi connectivity index (χ2v) is 5.44.